The number of halogens is 1. The number of ether oxygens (including phenoxy) is 2. The molecule has 1 heterocycles. The molecule has 3 aromatic rings. The number of nitrogens with zero attached hydrogens (tertiary/aromatic N) is 1. The maximum atomic E-state index is 12.4. The molecule has 1 amide bonds. The van der Waals surface area contributed by atoms with Crippen LogP contribution in [0.2, 0.25) is 0 Å². The summed E-state index contributed by atoms with van der Waals surface area (Å²) in [6, 6.07) is 13.0. The van der Waals surface area contributed by atoms with Crippen LogP contribution in [0.25, 0.3) is 22.2 Å². The highest BCUT2D eigenvalue weighted by Crippen LogP contribution is 2.38. The molecule has 0 radical (unpaired) electrons. The maximum absolute atomic E-state index is 12.4. The molecule has 0 aliphatic heterocycles. The Hall–Kier alpha value is -3.22. The molecule has 0 saturated carbocycles. The van der Waals surface area contributed by atoms with Gasteiger partial charge in [-0.05, 0) is 37.6 Å². The first-order chi connectivity index (χ1) is 14.1. The fourth-order valence-electron chi connectivity index (χ4n) is 3.30. The molecule has 154 valence electrons. The van der Waals surface area contributed by atoms with Crippen molar-refractivity contribution in [3.63, 3.8) is 0 Å². The minimum Gasteiger partial charge on any atom is -0.491 e. The van der Waals surface area contributed by atoms with E-state index in [2.05, 4.69) is 9.88 Å². The Bertz CT molecular complexity index is 983. The Morgan fingerprint density at radius 3 is 2.55 bits per heavy atom. The van der Waals surface area contributed by atoms with E-state index >= 15 is 0 Å². The van der Waals surface area contributed by atoms with E-state index in [-0.39, 0.29) is 6.61 Å². The number of hydrogen-bond acceptors (Lipinski definition) is 4. The van der Waals surface area contributed by atoms with Crippen molar-refractivity contribution in [1.82, 2.24) is 4.57 Å². The normalized spacial score (nSPS) is 10.9. The van der Waals surface area contributed by atoms with Gasteiger partial charge in [0, 0.05) is 29.2 Å². The highest BCUT2D eigenvalue weighted by molar-refractivity contribution is 6.01. The fraction of sp³-hybridized carbons (Fsp3) is 0.318. The summed E-state index contributed by atoms with van der Waals surface area (Å²) < 4.78 is 25.0. The number of nitrogens with two attached hydrogens (primary N) is 1. The zero-order chi connectivity index (χ0) is 20.8. The van der Waals surface area contributed by atoms with E-state index in [4.69, 9.17) is 15.2 Å². The number of aryl methyl sites for hydroxylation is 1. The molecule has 0 bridgehead atoms. The van der Waals surface area contributed by atoms with Crippen LogP contribution in [0.4, 0.5) is 20.6 Å². The summed E-state index contributed by atoms with van der Waals surface area (Å²) in [5.41, 5.74) is 10.5. The van der Waals surface area contributed by atoms with Crippen molar-refractivity contribution >= 4 is 28.4 Å². The number of benzene rings is 2. The molecule has 0 atom stereocenters. The van der Waals surface area contributed by atoms with E-state index in [1.165, 1.54) is 0 Å². The largest absolute Gasteiger partial charge is 0.491 e. The zero-order valence-corrected chi connectivity index (χ0v) is 16.7. The minimum atomic E-state index is -0.535. The number of rotatable bonds is 8. The Morgan fingerprint density at radius 1 is 1.14 bits per heavy atom. The van der Waals surface area contributed by atoms with Gasteiger partial charge in [0.25, 0.3) is 0 Å². The predicted octanol–water partition coefficient (Wildman–Crippen LogP) is 5.22. The first-order valence-corrected chi connectivity index (χ1v) is 9.73. The van der Waals surface area contributed by atoms with E-state index in [0.717, 1.165) is 28.6 Å². The number of carbonyl (C=O) groups is 1. The van der Waals surface area contributed by atoms with Gasteiger partial charge in [-0.25, -0.2) is 9.18 Å². The van der Waals surface area contributed by atoms with Crippen LogP contribution in [0.5, 0.6) is 5.75 Å². The van der Waals surface area contributed by atoms with Gasteiger partial charge in [0.2, 0.25) is 0 Å². The third-order valence-corrected chi connectivity index (χ3v) is 4.58. The van der Waals surface area contributed by atoms with Crippen molar-refractivity contribution in [2.45, 2.75) is 26.8 Å². The van der Waals surface area contributed by atoms with Crippen molar-refractivity contribution in [2.75, 3.05) is 30.9 Å². The molecule has 3 rings (SSSR count). The molecular weight excluding hydrogens is 373 g/mol. The number of carbonyl (C=O) groups excluding carboxylic acids is 1. The predicted molar refractivity (Wildman–Crippen MR) is 114 cm³/mol. The monoisotopic (exact) mass is 399 g/mol. The number of alkyl halides is 1. The Morgan fingerprint density at radius 2 is 1.90 bits per heavy atom. The number of aromatic nitrogens is 1. The van der Waals surface area contributed by atoms with Gasteiger partial charge in [-0.1, -0.05) is 19.1 Å². The second kappa shape index (κ2) is 9.32. The number of anilines is 2. The summed E-state index contributed by atoms with van der Waals surface area (Å²) in [5.74, 6) is 0.610. The molecule has 0 unspecified atom stereocenters. The van der Waals surface area contributed by atoms with Gasteiger partial charge in [0.1, 0.15) is 19.0 Å². The average Bonchev–Trinajstić information content (AvgIpc) is 3.02. The van der Waals surface area contributed by atoms with Crippen LogP contribution in [-0.4, -0.2) is 30.5 Å². The number of nitrogen functional groups attached to an aromatic ring is 1. The van der Waals surface area contributed by atoms with Crippen LogP contribution >= 0.6 is 0 Å². The van der Waals surface area contributed by atoms with Gasteiger partial charge in [-0.3, -0.25) is 5.32 Å². The molecule has 1 aromatic heterocycles. The fourth-order valence-corrected chi connectivity index (χ4v) is 3.30. The van der Waals surface area contributed by atoms with Crippen molar-refractivity contribution < 1.29 is 18.7 Å². The second-order valence-corrected chi connectivity index (χ2v) is 6.56. The summed E-state index contributed by atoms with van der Waals surface area (Å²) in [6.07, 6.45) is 0.302. The van der Waals surface area contributed by atoms with Crippen LogP contribution in [0.3, 0.4) is 0 Å². The molecule has 6 nitrogen and oxygen atoms in total. The molecule has 7 heteroatoms. The first-order valence-electron chi connectivity index (χ1n) is 9.73. The average molecular weight is 399 g/mol. The minimum absolute atomic E-state index is 0.0236. The van der Waals surface area contributed by atoms with Crippen molar-refractivity contribution in [3.8, 4) is 17.0 Å². The van der Waals surface area contributed by atoms with Crippen molar-refractivity contribution in [1.29, 1.82) is 0 Å². The summed E-state index contributed by atoms with van der Waals surface area (Å²) in [6.45, 7) is 4.56. The molecule has 3 N–H and O–H groups in total. The highest BCUT2D eigenvalue weighted by Gasteiger charge is 2.16. The van der Waals surface area contributed by atoms with E-state index in [1.54, 1.807) is 6.07 Å². The molecule has 0 spiro atoms. The topological polar surface area (TPSA) is 78.5 Å². The summed E-state index contributed by atoms with van der Waals surface area (Å²) in [5, 5.41) is 3.62. The molecule has 0 aliphatic carbocycles. The second-order valence-electron chi connectivity index (χ2n) is 6.56. The number of fused-ring (bicyclic) bond motifs is 1. The highest BCUT2D eigenvalue weighted by atomic mass is 19.1. The van der Waals surface area contributed by atoms with E-state index in [9.17, 15) is 9.18 Å². The molecule has 0 aliphatic rings. The Labute approximate surface area is 169 Å². The lowest BCUT2D eigenvalue weighted by Crippen LogP contribution is -2.13. The third-order valence-electron chi connectivity index (χ3n) is 4.58. The van der Waals surface area contributed by atoms with Gasteiger partial charge in [0.05, 0.1) is 23.5 Å². The van der Waals surface area contributed by atoms with Crippen molar-refractivity contribution in [3.05, 3.63) is 42.5 Å². The Balaban J connectivity index is 1.92. The smallest absolute Gasteiger partial charge is 0.411 e. The van der Waals surface area contributed by atoms with Crippen LogP contribution in [0, 0.1) is 0 Å². The van der Waals surface area contributed by atoms with Gasteiger partial charge < -0.3 is 19.8 Å². The lowest BCUT2D eigenvalue weighted by atomic mass is 10.1. The number of amides is 1. The van der Waals surface area contributed by atoms with E-state index in [1.807, 2.05) is 50.2 Å². The molecule has 0 saturated heterocycles. The van der Waals surface area contributed by atoms with Crippen LogP contribution in [-0.2, 0) is 11.3 Å². The van der Waals surface area contributed by atoms with E-state index < -0.39 is 12.8 Å². The maximum Gasteiger partial charge on any atom is 0.411 e. The quantitative estimate of drug-likeness (QED) is 0.544. The summed E-state index contributed by atoms with van der Waals surface area (Å²) in [4.78, 5) is 11.7. The van der Waals surface area contributed by atoms with Gasteiger partial charge in [-0.15, -0.1) is 0 Å². The zero-order valence-electron chi connectivity index (χ0n) is 16.7. The first kappa shape index (κ1) is 20.5. The van der Waals surface area contributed by atoms with Gasteiger partial charge >= 0.3 is 6.09 Å². The molecule has 2 aromatic carbocycles. The van der Waals surface area contributed by atoms with Gasteiger partial charge in [-0.2, -0.15) is 0 Å². The number of hydrogen-bond donors (Lipinski definition) is 2. The summed E-state index contributed by atoms with van der Waals surface area (Å²) >= 11 is 0. The molecular formula is C22H26FN3O3. The van der Waals surface area contributed by atoms with Crippen LogP contribution < -0.4 is 15.8 Å². The lowest BCUT2D eigenvalue weighted by Gasteiger charge is -2.11. The van der Waals surface area contributed by atoms with Gasteiger partial charge in [0.15, 0.2) is 0 Å². The third kappa shape index (κ3) is 4.45. The lowest BCUT2D eigenvalue weighted by molar-refractivity contribution is 0.161. The summed E-state index contributed by atoms with van der Waals surface area (Å²) in [7, 11) is 0. The Kier molecular flexibility index (Phi) is 6.59. The standard InChI is InChI=1S/C22H26FN3O3/c1-3-12-29-22(27)25-16-7-5-15(6-8-16)21-20(24)18-10-9-17(28-13-11-23)14-19(18)26(21)4-2/h5-10,14H,3-4,11-13,24H2,1-2H3,(H,25,27). The molecule has 29 heavy (non-hydrogen) atoms. The van der Waals surface area contributed by atoms with Crippen LogP contribution in [0.15, 0.2) is 42.5 Å². The molecule has 0 fully saturated rings. The number of nitrogens with one attached hydrogen (secondary N) is 1. The van der Waals surface area contributed by atoms with Crippen molar-refractivity contribution in [2.24, 2.45) is 0 Å². The van der Waals surface area contributed by atoms with E-state index in [0.29, 0.717) is 30.3 Å². The van der Waals surface area contributed by atoms with Crippen LogP contribution in [0.1, 0.15) is 20.3 Å². The SMILES string of the molecule is CCCOC(=O)Nc1ccc(-c2c(N)c3ccc(OCCF)cc3n2CC)cc1.